The second kappa shape index (κ2) is 15.5. The molecule has 0 aliphatic rings. The van der Waals surface area contributed by atoms with Gasteiger partial charge in [-0.1, -0.05) is 76.2 Å². The minimum absolute atomic E-state index is 0.110. The summed E-state index contributed by atoms with van der Waals surface area (Å²) in [7, 11) is 0. The topological polar surface area (TPSA) is 97.6 Å². The van der Waals surface area contributed by atoms with Crippen molar-refractivity contribution in [3.05, 3.63) is 119 Å². The largest absolute Gasteiger partial charge is 0.491 e. The van der Waals surface area contributed by atoms with Gasteiger partial charge in [-0.2, -0.15) is 0 Å². The molecule has 7 heteroatoms. The lowest BCUT2D eigenvalue weighted by molar-refractivity contribution is 0.0626. The number of aliphatic hydroxyl groups is 3. The van der Waals surface area contributed by atoms with Gasteiger partial charge in [-0.3, -0.25) is 0 Å². The Morgan fingerprint density at radius 3 is 0.848 bits per heavy atom. The summed E-state index contributed by atoms with van der Waals surface area (Å²) in [5.74, 6) is 2.81. The molecule has 4 aromatic rings. The predicted octanol–water partition coefficient (Wildman–Crippen LogP) is 6.68. The van der Waals surface area contributed by atoms with E-state index in [1.807, 2.05) is 97.1 Å². The van der Waals surface area contributed by atoms with Crippen molar-refractivity contribution in [1.82, 2.24) is 0 Å². The van der Waals surface area contributed by atoms with Gasteiger partial charge in [0.1, 0.15) is 55.5 Å². The molecule has 3 N–H and O–H groups in total. The standard InChI is InChI=1S/C39H48O7/c1-27(40)23-43-34-15-7-29(8-16-34)38(3,4)31-11-19-36(20-12-31)45-25-33(42)26-46-37-21-13-32(14-22-37)39(5,6)30-9-17-35(18-10-30)44-24-28(2)41/h7-22,27-28,33,40-42H,23-26H2,1-6H3. The van der Waals surface area contributed by atoms with E-state index in [0.29, 0.717) is 11.5 Å². The van der Waals surface area contributed by atoms with Gasteiger partial charge in [0.25, 0.3) is 0 Å². The summed E-state index contributed by atoms with van der Waals surface area (Å²) in [5.41, 5.74) is 4.07. The van der Waals surface area contributed by atoms with E-state index in [2.05, 4.69) is 27.7 Å². The Hall–Kier alpha value is -4.04. The molecule has 246 valence electrons. The Morgan fingerprint density at radius 1 is 0.413 bits per heavy atom. The SMILES string of the molecule is CC(O)COc1ccc(C(C)(C)c2ccc(OCC(O)COc3ccc(C(C)(C)c4ccc(OCC(C)O)cc4)cc3)cc2)cc1. The molecule has 0 saturated carbocycles. The van der Waals surface area contributed by atoms with E-state index in [9.17, 15) is 15.3 Å². The molecule has 0 aliphatic carbocycles. The van der Waals surface area contributed by atoms with Crippen LogP contribution in [0.2, 0.25) is 0 Å². The average Bonchev–Trinajstić information content (AvgIpc) is 3.05. The second-order valence-electron chi connectivity index (χ2n) is 12.9. The first-order valence-electron chi connectivity index (χ1n) is 15.8. The molecule has 0 saturated heterocycles. The van der Waals surface area contributed by atoms with Crippen LogP contribution < -0.4 is 18.9 Å². The molecule has 0 radical (unpaired) electrons. The van der Waals surface area contributed by atoms with Crippen LogP contribution in [-0.2, 0) is 10.8 Å². The van der Waals surface area contributed by atoms with Crippen LogP contribution >= 0.6 is 0 Å². The quantitative estimate of drug-likeness (QED) is 0.127. The van der Waals surface area contributed by atoms with Gasteiger partial charge in [0, 0.05) is 10.8 Å². The number of hydrogen-bond donors (Lipinski definition) is 3. The molecule has 0 heterocycles. The maximum atomic E-state index is 10.5. The van der Waals surface area contributed by atoms with Crippen LogP contribution in [0.25, 0.3) is 0 Å². The summed E-state index contributed by atoms with van der Waals surface area (Å²) in [6.45, 7) is 12.8. The Bertz CT molecular complexity index is 1360. The van der Waals surface area contributed by atoms with Gasteiger partial charge >= 0.3 is 0 Å². The van der Waals surface area contributed by atoms with Crippen LogP contribution in [0.1, 0.15) is 63.8 Å². The van der Waals surface area contributed by atoms with Gasteiger partial charge in [-0.25, -0.2) is 0 Å². The molecule has 0 fully saturated rings. The van der Waals surface area contributed by atoms with Crippen LogP contribution in [0.4, 0.5) is 0 Å². The third-order valence-corrected chi connectivity index (χ3v) is 8.17. The predicted molar refractivity (Wildman–Crippen MR) is 181 cm³/mol. The maximum absolute atomic E-state index is 10.5. The van der Waals surface area contributed by atoms with E-state index in [-0.39, 0.29) is 37.3 Å². The van der Waals surface area contributed by atoms with Gasteiger partial charge in [0.05, 0.1) is 12.2 Å². The smallest absolute Gasteiger partial charge is 0.122 e. The molecular formula is C39H48O7. The lowest BCUT2D eigenvalue weighted by Crippen LogP contribution is -2.25. The van der Waals surface area contributed by atoms with Gasteiger partial charge in [-0.05, 0) is 84.6 Å². The third kappa shape index (κ3) is 9.49. The first-order chi connectivity index (χ1) is 21.8. The van der Waals surface area contributed by atoms with Crippen molar-refractivity contribution in [2.45, 2.75) is 70.7 Å². The van der Waals surface area contributed by atoms with Gasteiger partial charge in [0.2, 0.25) is 0 Å². The van der Waals surface area contributed by atoms with E-state index >= 15 is 0 Å². The summed E-state index contributed by atoms with van der Waals surface area (Å²) in [4.78, 5) is 0. The molecule has 2 atom stereocenters. The number of benzene rings is 4. The summed E-state index contributed by atoms with van der Waals surface area (Å²) in [5, 5.41) is 29.4. The highest BCUT2D eigenvalue weighted by Gasteiger charge is 2.24. The fourth-order valence-corrected chi connectivity index (χ4v) is 5.07. The maximum Gasteiger partial charge on any atom is 0.122 e. The molecule has 4 aromatic carbocycles. The summed E-state index contributed by atoms with van der Waals surface area (Å²) in [6, 6.07) is 31.7. The Balaban J connectivity index is 1.25. The fourth-order valence-electron chi connectivity index (χ4n) is 5.07. The van der Waals surface area contributed by atoms with Crippen molar-refractivity contribution in [3.63, 3.8) is 0 Å². The average molecular weight is 629 g/mol. The lowest BCUT2D eigenvalue weighted by Gasteiger charge is -2.27. The molecule has 0 aromatic heterocycles. The number of aliphatic hydroxyl groups excluding tert-OH is 3. The number of ether oxygens (including phenoxy) is 4. The van der Waals surface area contributed by atoms with E-state index in [1.165, 1.54) is 0 Å². The summed E-state index contributed by atoms with van der Waals surface area (Å²) in [6.07, 6.45) is -1.82. The van der Waals surface area contributed by atoms with Crippen LogP contribution in [0, 0.1) is 0 Å². The van der Waals surface area contributed by atoms with Crippen molar-refractivity contribution in [3.8, 4) is 23.0 Å². The van der Waals surface area contributed by atoms with Crippen molar-refractivity contribution in [1.29, 1.82) is 0 Å². The molecule has 7 nitrogen and oxygen atoms in total. The van der Waals surface area contributed by atoms with Crippen molar-refractivity contribution < 1.29 is 34.3 Å². The number of hydrogen-bond acceptors (Lipinski definition) is 7. The molecular weight excluding hydrogens is 580 g/mol. The first-order valence-corrected chi connectivity index (χ1v) is 15.8. The molecule has 4 rings (SSSR count). The molecule has 2 unspecified atom stereocenters. The Labute approximate surface area is 273 Å². The lowest BCUT2D eigenvalue weighted by atomic mass is 9.78. The zero-order valence-electron chi connectivity index (χ0n) is 27.8. The molecule has 0 spiro atoms. The molecule has 46 heavy (non-hydrogen) atoms. The van der Waals surface area contributed by atoms with E-state index < -0.39 is 18.3 Å². The minimum Gasteiger partial charge on any atom is -0.491 e. The van der Waals surface area contributed by atoms with Crippen molar-refractivity contribution in [2.24, 2.45) is 0 Å². The highest BCUT2D eigenvalue weighted by atomic mass is 16.5. The highest BCUT2D eigenvalue weighted by molar-refractivity contribution is 5.43. The molecule has 0 amide bonds. The van der Waals surface area contributed by atoms with Crippen molar-refractivity contribution >= 4 is 0 Å². The summed E-state index contributed by atoms with van der Waals surface area (Å²) >= 11 is 0. The summed E-state index contributed by atoms with van der Waals surface area (Å²) < 4.78 is 22.9. The first kappa shape index (κ1) is 34.8. The van der Waals surface area contributed by atoms with Crippen LogP contribution in [-0.4, -0.2) is 60.1 Å². The zero-order chi connectivity index (χ0) is 33.3. The normalized spacial score (nSPS) is 13.8. The second-order valence-corrected chi connectivity index (χ2v) is 12.9. The Kier molecular flexibility index (Phi) is 11.7. The highest BCUT2D eigenvalue weighted by Crippen LogP contribution is 2.35. The number of rotatable bonds is 16. The van der Waals surface area contributed by atoms with Crippen molar-refractivity contribution in [2.75, 3.05) is 26.4 Å². The van der Waals surface area contributed by atoms with E-state index in [1.54, 1.807) is 13.8 Å². The Morgan fingerprint density at radius 2 is 0.630 bits per heavy atom. The van der Waals surface area contributed by atoms with Crippen LogP contribution in [0.15, 0.2) is 97.1 Å². The fraction of sp³-hybridized carbons (Fsp3) is 0.385. The zero-order valence-corrected chi connectivity index (χ0v) is 27.8. The van der Waals surface area contributed by atoms with E-state index in [4.69, 9.17) is 18.9 Å². The minimum atomic E-state index is -0.795. The molecule has 0 aliphatic heterocycles. The van der Waals surface area contributed by atoms with E-state index in [0.717, 1.165) is 33.8 Å². The van der Waals surface area contributed by atoms with Crippen LogP contribution in [0.5, 0.6) is 23.0 Å². The third-order valence-electron chi connectivity index (χ3n) is 8.17. The van der Waals surface area contributed by atoms with Gasteiger partial charge in [-0.15, -0.1) is 0 Å². The monoisotopic (exact) mass is 628 g/mol. The van der Waals surface area contributed by atoms with Crippen LogP contribution in [0.3, 0.4) is 0 Å². The van der Waals surface area contributed by atoms with Gasteiger partial charge in [0.15, 0.2) is 0 Å². The van der Waals surface area contributed by atoms with Gasteiger partial charge < -0.3 is 34.3 Å². The molecule has 0 bridgehead atoms.